The molecule has 6 rings (SSSR count). The maximum atomic E-state index is 13.4. The van der Waals surface area contributed by atoms with Gasteiger partial charge >= 0.3 is 6.18 Å². The third kappa shape index (κ3) is 5.25. The summed E-state index contributed by atoms with van der Waals surface area (Å²) in [6, 6.07) is 8.90. The minimum atomic E-state index is -4.58. The fourth-order valence-corrected chi connectivity index (χ4v) is 7.89. The quantitative estimate of drug-likeness (QED) is 0.284. The number of nitrogens with one attached hydrogen (secondary N) is 2. The Hall–Kier alpha value is -3.20. The van der Waals surface area contributed by atoms with E-state index in [0.717, 1.165) is 18.9 Å². The van der Waals surface area contributed by atoms with Crippen molar-refractivity contribution in [1.82, 2.24) is 24.2 Å². The molecule has 2 N–H and O–H groups in total. The summed E-state index contributed by atoms with van der Waals surface area (Å²) in [7, 11) is -3.54. The van der Waals surface area contributed by atoms with E-state index in [2.05, 4.69) is 20.3 Å². The predicted molar refractivity (Wildman–Crippen MR) is 160 cm³/mol. The van der Waals surface area contributed by atoms with E-state index in [0.29, 0.717) is 65.8 Å². The molecule has 42 heavy (non-hydrogen) atoms. The Bertz CT molecular complexity index is 1770. The van der Waals surface area contributed by atoms with Crippen LogP contribution in [0.5, 0.6) is 0 Å². The van der Waals surface area contributed by atoms with Crippen LogP contribution in [-0.2, 0) is 16.2 Å². The molecule has 9 nitrogen and oxygen atoms in total. The fraction of sp³-hybridized carbons (Fsp3) is 0.370. The number of halogens is 4. The average Bonchev–Trinajstić information content (AvgIpc) is 3.56. The SMILES string of the molecule is CC1CCCN1S(=O)(=O)c1ccc(NC(=S)N2CCN(c3ncnc4[nH]c5cc(C(F)(F)F)c(Cl)cc5c34)CC2)cc1. The van der Waals surface area contributed by atoms with Gasteiger partial charge in [-0.05, 0) is 68.4 Å². The Kier molecular flexibility index (Phi) is 7.44. The first kappa shape index (κ1) is 28.9. The number of alkyl halides is 3. The zero-order chi connectivity index (χ0) is 29.8. The fourth-order valence-electron chi connectivity index (χ4n) is 5.62. The lowest BCUT2D eigenvalue weighted by Crippen LogP contribution is -2.50. The zero-order valence-electron chi connectivity index (χ0n) is 22.4. The Morgan fingerprint density at radius 1 is 1.10 bits per heavy atom. The number of anilines is 2. The molecular weight excluding hydrogens is 611 g/mol. The molecule has 0 spiro atoms. The van der Waals surface area contributed by atoms with E-state index < -0.39 is 21.8 Å². The molecule has 0 radical (unpaired) electrons. The monoisotopic (exact) mass is 637 g/mol. The molecule has 4 aromatic rings. The number of aromatic nitrogens is 3. The molecule has 2 saturated heterocycles. The van der Waals surface area contributed by atoms with Crippen LogP contribution in [0.25, 0.3) is 21.9 Å². The summed E-state index contributed by atoms with van der Waals surface area (Å²) in [5, 5.41) is 4.43. The molecule has 1 unspecified atom stereocenters. The molecule has 0 bridgehead atoms. The molecule has 4 heterocycles. The van der Waals surface area contributed by atoms with Crippen LogP contribution in [0, 0.1) is 0 Å². The largest absolute Gasteiger partial charge is 0.417 e. The Labute approximate surface area is 250 Å². The standard InChI is InChI=1S/C27H27ClF3N7O2S2/c1-16-3-2-8-38(16)42(39,40)18-6-4-17(5-7-18)34-26(41)37-11-9-36(10-12-37)25-23-19-13-21(28)20(27(29,30)31)14-22(19)35-24(23)32-15-33-25/h4-7,13-16H,2-3,8-12H2,1H3,(H,34,41)(H,32,33,35). The topological polar surface area (TPSA) is 97.5 Å². The number of hydrogen-bond acceptors (Lipinski definition) is 6. The van der Waals surface area contributed by atoms with Gasteiger partial charge in [0.05, 0.1) is 20.9 Å². The average molecular weight is 638 g/mol. The number of nitrogens with zero attached hydrogens (tertiary/aromatic N) is 5. The smallest absolute Gasteiger partial charge is 0.352 e. The van der Waals surface area contributed by atoms with Crippen LogP contribution in [-0.4, -0.2) is 76.5 Å². The molecular formula is C27H27ClF3N7O2S2. The number of H-pyrrole nitrogens is 1. The summed E-state index contributed by atoms with van der Waals surface area (Å²) < 4.78 is 67.7. The molecule has 2 aromatic carbocycles. The maximum absolute atomic E-state index is 13.4. The van der Waals surface area contributed by atoms with E-state index in [1.807, 2.05) is 16.7 Å². The van der Waals surface area contributed by atoms with Crippen LogP contribution >= 0.6 is 23.8 Å². The number of aromatic amines is 1. The highest BCUT2D eigenvalue weighted by atomic mass is 35.5. The molecule has 0 amide bonds. The van der Waals surface area contributed by atoms with Crippen molar-refractivity contribution in [1.29, 1.82) is 0 Å². The van der Waals surface area contributed by atoms with Crippen LogP contribution in [0.15, 0.2) is 47.6 Å². The highest BCUT2D eigenvalue weighted by molar-refractivity contribution is 7.89. The summed E-state index contributed by atoms with van der Waals surface area (Å²) in [6.07, 6.45) is -1.47. The third-order valence-electron chi connectivity index (χ3n) is 7.83. The van der Waals surface area contributed by atoms with Gasteiger partial charge in [0.2, 0.25) is 10.0 Å². The van der Waals surface area contributed by atoms with Gasteiger partial charge in [0.1, 0.15) is 17.8 Å². The highest BCUT2D eigenvalue weighted by Gasteiger charge is 2.35. The summed E-state index contributed by atoms with van der Waals surface area (Å²) in [6.45, 7) is 4.71. The van der Waals surface area contributed by atoms with Crippen molar-refractivity contribution >= 4 is 72.4 Å². The van der Waals surface area contributed by atoms with E-state index >= 15 is 0 Å². The van der Waals surface area contributed by atoms with E-state index in [1.54, 1.807) is 28.6 Å². The molecule has 2 aliphatic rings. The first-order valence-corrected chi connectivity index (χ1v) is 15.6. The van der Waals surface area contributed by atoms with Gasteiger partial charge in [-0.25, -0.2) is 18.4 Å². The Balaban J connectivity index is 1.14. The molecule has 1 atom stereocenters. The van der Waals surface area contributed by atoms with Crippen molar-refractivity contribution in [2.45, 2.75) is 36.9 Å². The molecule has 0 saturated carbocycles. The number of fused-ring (bicyclic) bond motifs is 3. The van der Waals surface area contributed by atoms with Crippen LogP contribution < -0.4 is 10.2 Å². The number of benzene rings is 2. The van der Waals surface area contributed by atoms with Crippen LogP contribution in [0.4, 0.5) is 24.7 Å². The van der Waals surface area contributed by atoms with Crippen LogP contribution in [0.3, 0.4) is 0 Å². The van der Waals surface area contributed by atoms with Gasteiger partial charge in [0, 0.05) is 55.4 Å². The van der Waals surface area contributed by atoms with Gasteiger partial charge in [-0.1, -0.05) is 11.6 Å². The third-order valence-corrected chi connectivity index (χ3v) is 10.5. The lowest BCUT2D eigenvalue weighted by molar-refractivity contribution is -0.137. The number of piperazine rings is 1. The van der Waals surface area contributed by atoms with Gasteiger partial charge in [0.25, 0.3) is 0 Å². The van der Waals surface area contributed by atoms with Gasteiger partial charge in [-0.2, -0.15) is 17.5 Å². The molecule has 222 valence electrons. The first-order chi connectivity index (χ1) is 19.9. The summed E-state index contributed by atoms with van der Waals surface area (Å²) in [5.41, 5.74) is 0.475. The predicted octanol–water partition coefficient (Wildman–Crippen LogP) is 5.48. The van der Waals surface area contributed by atoms with Crippen molar-refractivity contribution in [3.8, 4) is 0 Å². The zero-order valence-corrected chi connectivity index (χ0v) is 24.8. The number of rotatable bonds is 4. The minimum absolute atomic E-state index is 0.00602. The second-order valence-corrected chi connectivity index (χ2v) is 13.1. The van der Waals surface area contributed by atoms with Gasteiger partial charge in [0.15, 0.2) is 5.11 Å². The van der Waals surface area contributed by atoms with E-state index in [9.17, 15) is 21.6 Å². The van der Waals surface area contributed by atoms with Gasteiger partial charge in [-0.15, -0.1) is 0 Å². The lowest BCUT2D eigenvalue weighted by atomic mass is 10.1. The molecule has 2 fully saturated rings. The summed E-state index contributed by atoms with van der Waals surface area (Å²) in [5.74, 6) is 0.602. The molecule has 2 aliphatic heterocycles. The van der Waals surface area contributed by atoms with Crippen LogP contribution in [0.2, 0.25) is 5.02 Å². The van der Waals surface area contributed by atoms with Gasteiger partial charge < -0.3 is 20.1 Å². The number of hydrogen-bond donors (Lipinski definition) is 2. The van der Waals surface area contributed by atoms with Crippen molar-refractivity contribution < 1.29 is 21.6 Å². The van der Waals surface area contributed by atoms with Crippen LogP contribution in [0.1, 0.15) is 25.3 Å². The van der Waals surface area contributed by atoms with E-state index in [-0.39, 0.29) is 21.5 Å². The molecule has 2 aromatic heterocycles. The van der Waals surface area contributed by atoms with Gasteiger partial charge in [-0.3, -0.25) is 0 Å². The van der Waals surface area contributed by atoms with E-state index in [4.69, 9.17) is 23.8 Å². The minimum Gasteiger partial charge on any atom is -0.352 e. The number of thiocarbonyl (C=S) groups is 1. The van der Waals surface area contributed by atoms with Crippen molar-refractivity contribution in [3.05, 3.63) is 53.3 Å². The Morgan fingerprint density at radius 3 is 2.45 bits per heavy atom. The van der Waals surface area contributed by atoms with Crippen molar-refractivity contribution in [3.63, 3.8) is 0 Å². The Morgan fingerprint density at radius 2 is 1.81 bits per heavy atom. The highest BCUT2D eigenvalue weighted by Crippen LogP contribution is 2.40. The number of sulfonamides is 1. The molecule has 15 heteroatoms. The normalized spacial score (nSPS) is 18.7. The lowest BCUT2D eigenvalue weighted by Gasteiger charge is -2.37. The second-order valence-electron chi connectivity index (χ2n) is 10.5. The summed E-state index contributed by atoms with van der Waals surface area (Å²) in [4.78, 5) is 16.0. The molecule has 0 aliphatic carbocycles. The second kappa shape index (κ2) is 10.8. The van der Waals surface area contributed by atoms with E-state index in [1.165, 1.54) is 12.4 Å². The first-order valence-electron chi connectivity index (χ1n) is 13.4. The summed E-state index contributed by atoms with van der Waals surface area (Å²) >= 11 is 11.7. The van der Waals surface area contributed by atoms with Crippen molar-refractivity contribution in [2.24, 2.45) is 0 Å². The van der Waals surface area contributed by atoms with Crippen molar-refractivity contribution in [2.75, 3.05) is 42.9 Å². The maximum Gasteiger partial charge on any atom is 0.417 e.